The van der Waals surface area contributed by atoms with Crippen molar-refractivity contribution in [3.63, 3.8) is 0 Å². The average Bonchev–Trinajstić information content (AvgIpc) is 2.19. The van der Waals surface area contributed by atoms with Crippen molar-refractivity contribution in [2.75, 3.05) is 13.1 Å². The molecule has 1 fully saturated rings. The van der Waals surface area contributed by atoms with E-state index < -0.39 is 0 Å². The van der Waals surface area contributed by atoms with Gasteiger partial charge in [-0.15, -0.1) is 0 Å². The number of rotatable bonds is 1. The molecule has 0 aromatic carbocycles. The van der Waals surface area contributed by atoms with Gasteiger partial charge in [-0.05, 0) is 25.3 Å². The summed E-state index contributed by atoms with van der Waals surface area (Å²) in [5.41, 5.74) is 1.06. The summed E-state index contributed by atoms with van der Waals surface area (Å²) in [6.07, 6.45) is 5.46. The van der Waals surface area contributed by atoms with E-state index in [1.54, 1.807) is 12.3 Å². The zero-order chi connectivity index (χ0) is 10.0. The molecule has 1 aliphatic rings. The fourth-order valence-electron chi connectivity index (χ4n) is 1.97. The maximum Gasteiger partial charge on any atom is 0.170 e. The number of piperidine rings is 1. The summed E-state index contributed by atoms with van der Waals surface area (Å²) in [6.45, 7) is 2.01. The molecule has 1 saturated heterocycles. The second-order valence-corrected chi connectivity index (χ2v) is 4.27. The highest BCUT2D eigenvalue weighted by Crippen LogP contribution is 2.24. The lowest BCUT2D eigenvalue weighted by molar-refractivity contribution is 0.234. The highest BCUT2D eigenvalue weighted by Gasteiger charge is 2.29. The molecule has 2 rings (SSSR count). The molecule has 0 saturated carbocycles. The number of quaternary nitrogens is 1. The number of hydrogen-bond acceptors (Lipinski definition) is 2. The van der Waals surface area contributed by atoms with Crippen LogP contribution in [0.5, 0.6) is 0 Å². The van der Waals surface area contributed by atoms with Crippen LogP contribution in [-0.4, -0.2) is 18.1 Å². The third kappa shape index (κ3) is 1.90. The Morgan fingerprint density at radius 1 is 1.21 bits per heavy atom. The maximum atomic E-state index is 6.28. The van der Waals surface area contributed by atoms with Crippen molar-refractivity contribution < 1.29 is 0 Å². The summed E-state index contributed by atoms with van der Waals surface area (Å²) in [6, 6.07) is 3.78. The third-order valence-corrected chi connectivity index (χ3v) is 3.06. The van der Waals surface area contributed by atoms with E-state index in [4.69, 9.17) is 17.4 Å². The first-order chi connectivity index (χ1) is 6.71. The normalized spacial score (nSPS) is 20.7. The van der Waals surface area contributed by atoms with Crippen LogP contribution in [-0.2, 0) is 0 Å². The number of nitrogens with zero attached hydrogens (tertiary/aromatic N) is 2. The van der Waals surface area contributed by atoms with Crippen molar-refractivity contribution in [2.24, 2.45) is 5.84 Å². The minimum absolute atomic E-state index is 0.518. The van der Waals surface area contributed by atoms with Crippen molar-refractivity contribution in [1.29, 1.82) is 0 Å². The zero-order valence-electron chi connectivity index (χ0n) is 8.12. The van der Waals surface area contributed by atoms with Gasteiger partial charge in [-0.2, -0.15) is 5.84 Å². The molecule has 1 aromatic rings. The van der Waals surface area contributed by atoms with Crippen LogP contribution in [0.15, 0.2) is 18.3 Å². The summed E-state index contributed by atoms with van der Waals surface area (Å²) in [7, 11) is 0. The van der Waals surface area contributed by atoms with E-state index in [-0.39, 0.29) is 0 Å². The fourth-order valence-corrected chi connectivity index (χ4v) is 2.08. The van der Waals surface area contributed by atoms with E-state index in [1.807, 2.05) is 6.07 Å². The first kappa shape index (κ1) is 9.90. The SMILES string of the molecule is N[N+]1(c2ccc(Cl)nc2)CCCCC1. The molecule has 0 atom stereocenters. The molecule has 0 unspecified atom stereocenters. The molecule has 0 amide bonds. The smallest absolute Gasteiger partial charge is 0.170 e. The van der Waals surface area contributed by atoms with Crippen LogP contribution in [0.4, 0.5) is 5.69 Å². The zero-order valence-corrected chi connectivity index (χ0v) is 8.87. The van der Waals surface area contributed by atoms with E-state index >= 15 is 0 Å². The van der Waals surface area contributed by atoms with Gasteiger partial charge in [0.2, 0.25) is 0 Å². The lowest BCUT2D eigenvalue weighted by atomic mass is 10.1. The summed E-state index contributed by atoms with van der Waals surface area (Å²) in [4.78, 5) is 4.07. The number of pyridine rings is 1. The molecule has 2 N–H and O–H groups in total. The fraction of sp³-hybridized carbons (Fsp3) is 0.500. The Labute approximate surface area is 89.1 Å². The van der Waals surface area contributed by atoms with Crippen molar-refractivity contribution >= 4 is 17.3 Å². The molecule has 0 radical (unpaired) electrons. The number of aromatic nitrogens is 1. The molecule has 0 aliphatic carbocycles. The van der Waals surface area contributed by atoms with E-state index in [9.17, 15) is 0 Å². The molecule has 76 valence electrons. The Kier molecular flexibility index (Phi) is 2.72. The Bertz CT molecular complexity index is 304. The van der Waals surface area contributed by atoms with Gasteiger partial charge in [0, 0.05) is 6.07 Å². The van der Waals surface area contributed by atoms with Crippen molar-refractivity contribution in [3.05, 3.63) is 23.5 Å². The first-order valence-corrected chi connectivity index (χ1v) is 5.36. The summed E-state index contributed by atoms with van der Waals surface area (Å²) < 4.78 is 0.518. The van der Waals surface area contributed by atoms with Crippen molar-refractivity contribution in [1.82, 2.24) is 9.58 Å². The van der Waals surface area contributed by atoms with E-state index in [0.29, 0.717) is 9.75 Å². The van der Waals surface area contributed by atoms with Gasteiger partial charge in [0.25, 0.3) is 0 Å². The van der Waals surface area contributed by atoms with Gasteiger partial charge in [0.1, 0.15) is 18.2 Å². The predicted octanol–water partition coefficient (Wildman–Crippen LogP) is 2.10. The maximum absolute atomic E-state index is 6.28. The molecule has 2 heterocycles. The van der Waals surface area contributed by atoms with Crippen LogP contribution < -0.4 is 10.4 Å². The van der Waals surface area contributed by atoms with Gasteiger partial charge in [-0.3, -0.25) is 0 Å². The quantitative estimate of drug-likeness (QED) is 0.440. The predicted molar refractivity (Wildman–Crippen MR) is 58.8 cm³/mol. The molecule has 1 aliphatic heterocycles. The Hall–Kier alpha value is -0.640. The summed E-state index contributed by atoms with van der Waals surface area (Å²) >= 11 is 5.74. The minimum Gasteiger partial charge on any atom is -0.238 e. The van der Waals surface area contributed by atoms with Crippen LogP contribution in [0.1, 0.15) is 19.3 Å². The first-order valence-electron chi connectivity index (χ1n) is 4.98. The van der Waals surface area contributed by atoms with E-state index in [1.165, 1.54) is 19.3 Å². The van der Waals surface area contributed by atoms with Crippen LogP contribution in [0.25, 0.3) is 0 Å². The molecule has 14 heavy (non-hydrogen) atoms. The Balaban J connectivity index is 2.23. The lowest BCUT2D eigenvalue weighted by Crippen LogP contribution is -2.58. The van der Waals surface area contributed by atoms with Gasteiger partial charge in [0.05, 0.1) is 6.20 Å². The number of nitrogens with two attached hydrogens (primary N) is 1. The van der Waals surface area contributed by atoms with Gasteiger partial charge >= 0.3 is 0 Å². The largest absolute Gasteiger partial charge is 0.238 e. The van der Waals surface area contributed by atoms with Gasteiger partial charge in [0.15, 0.2) is 5.69 Å². The molecule has 4 heteroatoms. The average molecular weight is 213 g/mol. The van der Waals surface area contributed by atoms with Gasteiger partial charge in [-0.1, -0.05) is 11.6 Å². The highest BCUT2D eigenvalue weighted by atomic mass is 35.5. The minimum atomic E-state index is 0.518. The standard InChI is InChI=1S/C10H15ClN3/c11-10-5-4-9(8-13-10)14(12)6-2-1-3-7-14/h4-5,8H,1-3,6-7,12H2/q+1. The van der Waals surface area contributed by atoms with Gasteiger partial charge < -0.3 is 0 Å². The van der Waals surface area contributed by atoms with Crippen LogP contribution >= 0.6 is 11.6 Å². The second-order valence-electron chi connectivity index (χ2n) is 3.88. The highest BCUT2D eigenvalue weighted by molar-refractivity contribution is 6.29. The molecule has 0 spiro atoms. The molecular weight excluding hydrogens is 198 g/mol. The number of hydrogen-bond donors (Lipinski definition) is 1. The summed E-state index contributed by atoms with van der Waals surface area (Å²) in [5.74, 6) is 6.28. The second kappa shape index (κ2) is 3.85. The molecule has 0 bridgehead atoms. The van der Waals surface area contributed by atoms with Crippen molar-refractivity contribution in [3.8, 4) is 0 Å². The topological polar surface area (TPSA) is 38.9 Å². The Morgan fingerprint density at radius 3 is 2.50 bits per heavy atom. The molecule has 1 aromatic heterocycles. The van der Waals surface area contributed by atoms with Crippen molar-refractivity contribution in [2.45, 2.75) is 19.3 Å². The monoisotopic (exact) mass is 212 g/mol. The van der Waals surface area contributed by atoms with E-state index in [0.717, 1.165) is 18.8 Å². The van der Waals surface area contributed by atoms with Crippen LogP contribution in [0.2, 0.25) is 5.15 Å². The van der Waals surface area contributed by atoms with Crippen LogP contribution in [0.3, 0.4) is 0 Å². The number of halogens is 1. The third-order valence-electron chi connectivity index (χ3n) is 2.84. The lowest BCUT2D eigenvalue weighted by Gasteiger charge is -2.35. The molecule has 3 nitrogen and oxygen atoms in total. The Morgan fingerprint density at radius 2 is 1.93 bits per heavy atom. The van der Waals surface area contributed by atoms with Gasteiger partial charge in [-0.25, -0.2) is 9.58 Å². The summed E-state index contributed by atoms with van der Waals surface area (Å²) in [5, 5.41) is 0.525. The van der Waals surface area contributed by atoms with Crippen LogP contribution in [0, 0.1) is 0 Å². The molecular formula is C10H15ClN3+. The van der Waals surface area contributed by atoms with E-state index in [2.05, 4.69) is 4.98 Å².